The van der Waals surface area contributed by atoms with E-state index in [1.807, 2.05) is 32.2 Å². The highest BCUT2D eigenvalue weighted by Gasteiger charge is 2.14. The first-order valence-corrected chi connectivity index (χ1v) is 7.26. The third kappa shape index (κ3) is 3.76. The molecule has 0 radical (unpaired) electrons. The summed E-state index contributed by atoms with van der Waals surface area (Å²) in [6, 6.07) is 3.98. The zero-order chi connectivity index (χ0) is 15.2. The van der Waals surface area contributed by atoms with Gasteiger partial charge in [-0.05, 0) is 24.6 Å². The molecule has 0 saturated carbocycles. The molecular weight excluding hydrogens is 264 g/mol. The maximum Gasteiger partial charge on any atom is 0.131 e. The van der Waals surface area contributed by atoms with E-state index in [1.165, 1.54) is 5.56 Å². The predicted molar refractivity (Wildman–Crippen MR) is 83.0 cm³/mol. The van der Waals surface area contributed by atoms with Gasteiger partial charge in [-0.2, -0.15) is 0 Å². The molecular formula is C16H22N4O. The Hall–Kier alpha value is -2.01. The standard InChI is InChI=1S/C16H22N4O/c1-4-20(10-13-5-7-17-8-6-13)15-9-18-16(12(2)3)19-14(15)11-21/h5-9,12,21H,4,10-11H2,1-3H3. The number of nitrogens with zero attached hydrogens (tertiary/aromatic N) is 4. The van der Waals surface area contributed by atoms with Gasteiger partial charge in [0.1, 0.15) is 5.82 Å². The lowest BCUT2D eigenvalue weighted by Gasteiger charge is -2.25. The fourth-order valence-electron chi connectivity index (χ4n) is 2.16. The molecule has 0 bridgehead atoms. The minimum absolute atomic E-state index is 0.0789. The number of pyridine rings is 1. The highest BCUT2D eigenvalue weighted by Crippen LogP contribution is 2.22. The van der Waals surface area contributed by atoms with Crippen LogP contribution in [0.25, 0.3) is 0 Å². The molecule has 0 fully saturated rings. The smallest absolute Gasteiger partial charge is 0.131 e. The molecule has 1 N–H and O–H groups in total. The highest BCUT2D eigenvalue weighted by atomic mass is 16.3. The molecule has 0 unspecified atom stereocenters. The Kier molecular flexibility index (Phi) is 5.22. The van der Waals surface area contributed by atoms with Crippen LogP contribution in [0.2, 0.25) is 0 Å². The van der Waals surface area contributed by atoms with Crippen LogP contribution in [0.1, 0.15) is 43.8 Å². The summed E-state index contributed by atoms with van der Waals surface area (Å²) in [6.45, 7) is 7.66. The van der Waals surface area contributed by atoms with E-state index in [0.717, 1.165) is 24.6 Å². The van der Waals surface area contributed by atoms with Crippen molar-refractivity contribution in [2.24, 2.45) is 0 Å². The highest BCUT2D eigenvalue weighted by molar-refractivity contribution is 5.49. The van der Waals surface area contributed by atoms with Crippen LogP contribution in [0.15, 0.2) is 30.7 Å². The van der Waals surface area contributed by atoms with Crippen molar-refractivity contribution in [3.8, 4) is 0 Å². The van der Waals surface area contributed by atoms with E-state index in [-0.39, 0.29) is 12.5 Å². The summed E-state index contributed by atoms with van der Waals surface area (Å²) in [5, 5.41) is 9.61. The first-order valence-electron chi connectivity index (χ1n) is 7.26. The summed E-state index contributed by atoms with van der Waals surface area (Å²) in [4.78, 5) is 15.1. The van der Waals surface area contributed by atoms with Gasteiger partial charge in [-0.15, -0.1) is 0 Å². The van der Waals surface area contributed by atoms with E-state index in [0.29, 0.717) is 5.69 Å². The number of rotatable bonds is 6. The summed E-state index contributed by atoms with van der Waals surface area (Å²) in [5.41, 5.74) is 2.74. The zero-order valence-electron chi connectivity index (χ0n) is 12.8. The fraction of sp³-hybridized carbons (Fsp3) is 0.438. The Labute approximate surface area is 125 Å². The monoisotopic (exact) mass is 286 g/mol. The van der Waals surface area contributed by atoms with Crippen LogP contribution in [0.3, 0.4) is 0 Å². The number of aromatic nitrogens is 3. The van der Waals surface area contributed by atoms with Gasteiger partial charge in [0.25, 0.3) is 0 Å². The lowest BCUT2D eigenvalue weighted by Crippen LogP contribution is -2.24. The molecule has 0 amide bonds. The van der Waals surface area contributed by atoms with Crippen molar-refractivity contribution < 1.29 is 5.11 Å². The van der Waals surface area contributed by atoms with E-state index in [4.69, 9.17) is 0 Å². The Morgan fingerprint density at radius 3 is 2.52 bits per heavy atom. The van der Waals surface area contributed by atoms with Crippen molar-refractivity contribution >= 4 is 5.69 Å². The molecule has 0 aliphatic rings. The molecule has 2 heterocycles. The molecule has 2 rings (SSSR count). The number of aliphatic hydroxyl groups excluding tert-OH is 1. The predicted octanol–water partition coefficient (Wildman–Crippen LogP) is 2.51. The average Bonchev–Trinajstić information content (AvgIpc) is 2.53. The van der Waals surface area contributed by atoms with Crippen LogP contribution in [-0.4, -0.2) is 26.6 Å². The largest absolute Gasteiger partial charge is 0.390 e. The van der Waals surface area contributed by atoms with Crippen molar-refractivity contribution in [2.45, 2.75) is 39.8 Å². The van der Waals surface area contributed by atoms with Gasteiger partial charge in [0.05, 0.1) is 24.2 Å². The SMILES string of the molecule is CCN(Cc1ccncc1)c1cnc(C(C)C)nc1CO. The summed E-state index contributed by atoms with van der Waals surface area (Å²) in [5.74, 6) is 1.02. The van der Waals surface area contributed by atoms with Gasteiger partial charge in [0.15, 0.2) is 0 Å². The van der Waals surface area contributed by atoms with Crippen molar-refractivity contribution in [1.29, 1.82) is 0 Å². The molecule has 21 heavy (non-hydrogen) atoms. The van der Waals surface area contributed by atoms with Crippen LogP contribution in [0.5, 0.6) is 0 Å². The molecule has 0 aliphatic carbocycles. The summed E-state index contributed by atoms with van der Waals surface area (Å²) < 4.78 is 0. The second-order valence-electron chi connectivity index (χ2n) is 5.24. The molecule has 5 heteroatoms. The van der Waals surface area contributed by atoms with Gasteiger partial charge in [0.2, 0.25) is 0 Å². The van der Waals surface area contributed by atoms with E-state index in [2.05, 4.69) is 26.8 Å². The number of hydrogen-bond acceptors (Lipinski definition) is 5. The quantitative estimate of drug-likeness (QED) is 0.884. The summed E-state index contributed by atoms with van der Waals surface area (Å²) in [6.07, 6.45) is 5.39. The van der Waals surface area contributed by atoms with E-state index in [1.54, 1.807) is 12.4 Å². The normalized spacial score (nSPS) is 10.9. The zero-order valence-corrected chi connectivity index (χ0v) is 12.8. The summed E-state index contributed by atoms with van der Waals surface area (Å²) >= 11 is 0. The maximum atomic E-state index is 9.61. The first-order chi connectivity index (χ1) is 10.2. The molecule has 5 nitrogen and oxygen atoms in total. The fourth-order valence-corrected chi connectivity index (χ4v) is 2.16. The van der Waals surface area contributed by atoms with Gasteiger partial charge >= 0.3 is 0 Å². The molecule has 2 aromatic rings. The van der Waals surface area contributed by atoms with Gasteiger partial charge in [-0.1, -0.05) is 13.8 Å². The third-order valence-electron chi connectivity index (χ3n) is 3.38. The lowest BCUT2D eigenvalue weighted by atomic mass is 10.2. The van der Waals surface area contributed by atoms with Gasteiger partial charge in [-0.3, -0.25) is 4.98 Å². The second-order valence-corrected chi connectivity index (χ2v) is 5.24. The number of hydrogen-bond donors (Lipinski definition) is 1. The molecule has 2 aromatic heterocycles. The number of aliphatic hydroxyl groups is 1. The van der Waals surface area contributed by atoms with E-state index >= 15 is 0 Å². The maximum absolute atomic E-state index is 9.61. The second kappa shape index (κ2) is 7.13. The minimum atomic E-state index is -0.0789. The molecule has 0 aromatic carbocycles. The van der Waals surface area contributed by atoms with Gasteiger partial charge < -0.3 is 10.0 Å². The first kappa shape index (κ1) is 15.4. The average molecular weight is 286 g/mol. The Morgan fingerprint density at radius 1 is 1.24 bits per heavy atom. The number of anilines is 1. The van der Waals surface area contributed by atoms with Crippen molar-refractivity contribution in [2.75, 3.05) is 11.4 Å². The molecule has 0 spiro atoms. The van der Waals surface area contributed by atoms with Gasteiger partial charge in [0, 0.05) is 31.4 Å². The van der Waals surface area contributed by atoms with Crippen LogP contribution >= 0.6 is 0 Å². The lowest BCUT2D eigenvalue weighted by molar-refractivity contribution is 0.276. The van der Waals surface area contributed by atoms with Crippen molar-refractivity contribution in [1.82, 2.24) is 15.0 Å². The Balaban J connectivity index is 2.29. The molecule has 0 atom stereocenters. The van der Waals surface area contributed by atoms with E-state index in [9.17, 15) is 5.11 Å². The molecule has 0 aliphatic heterocycles. The van der Waals surface area contributed by atoms with Gasteiger partial charge in [-0.25, -0.2) is 9.97 Å². The minimum Gasteiger partial charge on any atom is -0.390 e. The third-order valence-corrected chi connectivity index (χ3v) is 3.38. The molecule has 112 valence electrons. The Morgan fingerprint density at radius 2 is 1.95 bits per heavy atom. The Bertz CT molecular complexity index is 572. The van der Waals surface area contributed by atoms with Crippen LogP contribution in [0.4, 0.5) is 5.69 Å². The van der Waals surface area contributed by atoms with Crippen LogP contribution < -0.4 is 4.90 Å². The van der Waals surface area contributed by atoms with Crippen LogP contribution in [-0.2, 0) is 13.2 Å². The van der Waals surface area contributed by atoms with Crippen molar-refractivity contribution in [3.05, 3.63) is 47.8 Å². The van der Waals surface area contributed by atoms with E-state index < -0.39 is 0 Å². The summed E-state index contributed by atoms with van der Waals surface area (Å²) in [7, 11) is 0. The topological polar surface area (TPSA) is 62.1 Å². The molecule has 0 saturated heterocycles. The van der Waals surface area contributed by atoms with Crippen LogP contribution in [0, 0.1) is 0 Å². The van der Waals surface area contributed by atoms with Crippen molar-refractivity contribution in [3.63, 3.8) is 0 Å².